The van der Waals surface area contributed by atoms with Gasteiger partial charge in [0, 0.05) is 11.3 Å². The quantitative estimate of drug-likeness (QED) is 0.732. The minimum atomic E-state index is -1.26. The van der Waals surface area contributed by atoms with E-state index in [0.717, 1.165) is 11.3 Å². The Balaban J connectivity index is 2.05. The molecular formula is C13H9N5O3. The van der Waals surface area contributed by atoms with Crippen LogP contribution >= 0.6 is 0 Å². The van der Waals surface area contributed by atoms with Gasteiger partial charge < -0.3 is 10.1 Å². The van der Waals surface area contributed by atoms with E-state index in [4.69, 9.17) is 5.11 Å². The standard InChI is InChI=1S/C13H9N5O3/c19-12-10(13(20)21)4-5-11(15-12)8-2-1-3-9(6-8)18-7-14-16-17-18/h1-7H,(H,15,19)(H,20,21). The molecule has 104 valence electrons. The van der Waals surface area contributed by atoms with Crippen molar-refractivity contribution in [3.8, 4) is 16.9 Å². The zero-order chi connectivity index (χ0) is 14.8. The van der Waals surface area contributed by atoms with Crippen LogP contribution in [0.2, 0.25) is 0 Å². The van der Waals surface area contributed by atoms with Gasteiger partial charge in [0.05, 0.1) is 5.69 Å². The SMILES string of the molecule is O=C(O)c1ccc(-c2cccc(-n3cnnn3)c2)[nH]c1=O. The molecule has 2 N–H and O–H groups in total. The van der Waals surface area contributed by atoms with Crippen LogP contribution in [0.5, 0.6) is 0 Å². The lowest BCUT2D eigenvalue weighted by Crippen LogP contribution is -2.17. The number of benzene rings is 1. The molecule has 0 radical (unpaired) electrons. The van der Waals surface area contributed by atoms with Crippen LogP contribution in [0.4, 0.5) is 0 Å². The number of aromatic carboxylic acids is 1. The fourth-order valence-corrected chi connectivity index (χ4v) is 1.91. The number of hydrogen-bond acceptors (Lipinski definition) is 5. The van der Waals surface area contributed by atoms with Crippen LogP contribution in [0.3, 0.4) is 0 Å². The van der Waals surface area contributed by atoms with E-state index in [2.05, 4.69) is 20.5 Å². The topological polar surface area (TPSA) is 114 Å². The molecule has 1 aromatic carbocycles. The van der Waals surface area contributed by atoms with Crippen LogP contribution in [0, 0.1) is 0 Å². The molecule has 0 atom stereocenters. The highest BCUT2D eigenvalue weighted by atomic mass is 16.4. The van der Waals surface area contributed by atoms with Crippen LogP contribution in [0.1, 0.15) is 10.4 Å². The van der Waals surface area contributed by atoms with Crippen LogP contribution in [0.25, 0.3) is 16.9 Å². The van der Waals surface area contributed by atoms with E-state index >= 15 is 0 Å². The second kappa shape index (κ2) is 5.00. The molecule has 0 bridgehead atoms. The Kier molecular flexibility index (Phi) is 3.03. The molecule has 8 nitrogen and oxygen atoms in total. The van der Waals surface area contributed by atoms with E-state index in [1.54, 1.807) is 24.3 Å². The summed E-state index contributed by atoms with van der Waals surface area (Å²) in [4.78, 5) is 25.1. The molecule has 0 aliphatic carbocycles. The van der Waals surface area contributed by atoms with Crippen molar-refractivity contribution in [3.05, 3.63) is 58.6 Å². The largest absolute Gasteiger partial charge is 0.477 e. The minimum absolute atomic E-state index is 0.296. The maximum Gasteiger partial charge on any atom is 0.341 e. The van der Waals surface area contributed by atoms with Crippen LogP contribution < -0.4 is 5.56 Å². The van der Waals surface area contributed by atoms with E-state index in [1.165, 1.54) is 17.1 Å². The van der Waals surface area contributed by atoms with Gasteiger partial charge in [-0.15, -0.1) is 5.10 Å². The molecule has 0 saturated carbocycles. The molecule has 0 fully saturated rings. The number of nitrogens with one attached hydrogen (secondary N) is 1. The Hall–Kier alpha value is -3.29. The van der Waals surface area contributed by atoms with Gasteiger partial charge in [0.1, 0.15) is 11.9 Å². The Labute approximate surface area is 117 Å². The van der Waals surface area contributed by atoms with Crippen LogP contribution in [0.15, 0.2) is 47.5 Å². The van der Waals surface area contributed by atoms with E-state index in [-0.39, 0.29) is 5.56 Å². The number of aromatic nitrogens is 5. The van der Waals surface area contributed by atoms with Gasteiger partial charge >= 0.3 is 5.97 Å². The number of H-pyrrole nitrogens is 1. The summed E-state index contributed by atoms with van der Waals surface area (Å²) < 4.78 is 1.48. The van der Waals surface area contributed by atoms with E-state index in [1.807, 2.05) is 6.07 Å². The number of pyridine rings is 1. The second-order valence-corrected chi connectivity index (χ2v) is 4.22. The average Bonchev–Trinajstić information content (AvgIpc) is 3.01. The minimum Gasteiger partial charge on any atom is -0.477 e. The van der Waals surface area contributed by atoms with Gasteiger partial charge in [-0.3, -0.25) is 4.79 Å². The highest BCUT2D eigenvalue weighted by Gasteiger charge is 2.10. The summed E-state index contributed by atoms with van der Waals surface area (Å²) in [7, 11) is 0. The van der Waals surface area contributed by atoms with Crippen LogP contribution in [-0.4, -0.2) is 36.3 Å². The first-order valence-electron chi connectivity index (χ1n) is 5.95. The smallest absolute Gasteiger partial charge is 0.341 e. The van der Waals surface area contributed by atoms with Crippen molar-refractivity contribution in [1.82, 2.24) is 25.2 Å². The van der Waals surface area contributed by atoms with Crippen molar-refractivity contribution in [1.29, 1.82) is 0 Å². The zero-order valence-corrected chi connectivity index (χ0v) is 10.6. The van der Waals surface area contributed by atoms with Crippen molar-refractivity contribution in [2.75, 3.05) is 0 Å². The van der Waals surface area contributed by atoms with Gasteiger partial charge in [-0.1, -0.05) is 12.1 Å². The number of aromatic amines is 1. The Morgan fingerprint density at radius 1 is 1.24 bits per heavy atom. The summed E-state index contributed by atoms with van der Waals surface area (Å²) in [6, 6.07) is 9.99. The number of tetrazole rings is 1. The number of nitrogens with zero attached hydrogens (tertiary/aromatic N) is 4. The number of carboxylic acids is 1. The monoisotopic (exact) mass is 283 g/mol. The Bertz CT molecular complexity index is 854. The molecule has 21 heavy (non-hydrogen) atoms. The van der Waals surface area contributed by atoms with E-state index in [0.29, 0.717) is 5.69 Å². The van der Waals surface area contributed by atoms with Gasteiger partial charge in [0.15, 0.2) is 0 Å². The molecule has 0 aliphatic rings. The van der Waals surface area contributed by atoms with Crippen molar-refractivity contribution < 1.29 is 9.90 Å². The van der Waals surface area contributed by atoms with Gasteiger partial charge in [-0.05, 0) is 34.7 Å². The lowest BCUT2D eigenvalue weighted by molar-refractivity contribution is 0.0695. The molecule has 0 spiro atoms. The normalized spacial score (nSPS) is 10.5. The third kappa shape index (κ3) is 2.41. The van der Waals surface area contributed by atoms with Crippen molar-refractivity contribution in [2.24, 2.45) is 0 Å². The summed E-state index contributed by atoms with van der Waals surface area (Å²) in [5, 5.41) is 19.7. The van der Waals surface area contributed by atoms with Crippen molar-refractivity contribution in [2.45, 2.75) is 0 Å². The molecule has 0 amide bonds. The maximum absolute atomic E-state index is 11.7. The number of hydrogen-bond donors (Lipinski definition) is 2. The molecule has 2 aromatic heterocycles. The Morgan fingerprint density at radius 3 is 2.76 bits per heavy atom. The Morgan fingerprint density at radius 2 is 2.10 bits per heavy atom. The molecule has 2 heterocycles. The van der Waals surface area contributed by atoms with Gasteiger partial charge in [-0.2, -0.15) is 0 Å². The third-order valence-corrected chi connectivity index (χ3v) is 2.91. The molecular weight excluding hydrogens is 274 g/mol. The van der Waals surface area contributed by atoms with Crippen LogP contribution in [-0.2, 0) is 0 Å². The van der Waals surface area contributed by atoms with Crippen molar-refractivity contribution in [3.63, 3.8) is 0 Å². The van der Waals surface area contributed by atoms with Gasteiger partial charge in [0.25, 0.3) is 5.56 Å². The fourth-order valence-electron chi connectivity index (χ4n) is 1.91. The number of carboxylic acid groups (broad SMARTS) is 1. The fraction of sp³-hybridized carbons (Fsp3) is 0. The number of rotatable bonds is 3. The van der Waals surface area contributed by atoms with Gasteiger partial charge in [-0.25, -0.2) is 9.48 Å². The molecule has 8 heteroatoms. The van der Waals surface area contributed by atoms with E-state index in [9.17, 15) is 9.59 Å². The number of carbonyl (C=O) groups is 1. The summed E-state index contributed by atoms with van der Waals surface area (Å²) in [5.41, 5.74) is 1.01. The molecule has 3 rings (SSSR count). The summed E-state index contributed by atoms with van der Waals surface area (Å²) >= 11 is 0. The summed E-state index contributed by atoms with van der Waals surface area (Å²) in [6.07, 6.45) is 1.45. The zero-order valence-electron chi connectivity index (χ0n) is 10.6. The highest BCUT2D eigenvalue weighted by molar-refractivity contribution is 5.87. The van der Waals surface area contributed by atoms with E-state index < -0.39 is 11.5 Å². The summed E-state index contributed by atoms with van der Waals surface area (Å²) in [5.74, 6) is -1.26. The summed E-state index contributed by atoms with van der Waals surface area (Å²) in [6.45, 7) is 0. The second-order valence-electron chi connectivity index (χ2n) is 4.22. The molecule has 3 aromatic rings. The first-order valence-corrected chi connectivity index (χ1v) is 5.95. The molecule has 0 unspecified atom stereocenters. The lowest BCUT2D eigenvalue weighted by Gasteiger charge is -2.05. The third-order valence-electron chi connectivity index (χ3n) is 2.91. The first-order chi connectivity index (χ1) is 10.1. The average molecular weight is 283 g/mol. The first kappa shape index (κ1) is 12.7. The maximum atomic E-state index is 11.7. The molecule has 0 saturated heterocycles. The van der Waals surface area contributed by atoms with Gasteiger partial charge in [0.2, 0.25) is 0 Å². The predicted molar refractivity (Wildman–Crippen MR) is 72.2 cm³/mol. The predicted octanol–water partition coefficient (Wildman–Crippen LogP) is 0.716. The lowest BCUT2D eigenvalue weighted by atomic mass is 10.1. The van der Waals surface area contributed by atoms with Crippen molar-refractivity contribution >= 4 is 5.97 Å². The molecule has 0 aliphatic heterocycles. The highest BCUT2D eigenvalue weighted by Crippen LogP contribution is 2.19.